The largest absolute Gasteiger partial charge is 0.394 e. The summed E-state index contributed by atoms with van der Waals surface area (Å²) in [6.07, 6.45) is 1.56. The molecule has 0 spiro atoms. The van der Waals surface area contributed by atoms with E-state index in [2.05, 4.69) is 10.6 Å². The molecule has 21 heavy (non-hydrogen) atoms. The van der Waals surface area contributed by atoms with Gasteiger partial charge in [0.15, 0.2) is 0 Å². The van der Waals surface area contributed by atoms with Crippen LogP contribution in [0.15, 0.2) is 18.2 Å². The van der Waals surface area contributed by atoms with Crippen molar-refractivity contribution in [3.05, 3.63) is 28.8 Å². The second kappa shape index (κ2) is 8.22. The number of anilines is 1. The molecule has 0 aliphatic carbocycles. The number of halogens is 1. The van der Waals surface area contributed by atoms with Crippen molar-refractivity contribution < 1.29 is 14.6 Å². The van der Waals surface area contributed by atoms with Gasteiger partial charge in [-0.1, -0.05) is 31.0 Å². The molecular weight excluding hydrogens is 292 g/mol. The lowest BCUT2D eigenvalue weighted by atomic mass is 9.98. The van der Waals surface area contributed by atoms with Crippen LogP contribution in [0.5, 0.6) is 0 Å². The van der Waals surface area contributed by atoms with Crippen molar-refractivity contribution in [1.29, 1.82) is 0 Å². The summed E-state index contributed by atoms with van der Waals surface area (Å²) in [5, 5.41) is 15.5. The Balaban J connectivity index is 2.81. The number of aliphatic hydroxyl groups excluding tert-OH is 1. The van der Waals surface area contributed by atoms with Gasteiger partial charge >= 0.3 is 6.03 Å². The van der Waals surface area contributed by atoms with Gasteiger partial charge in [-0.3, -0.25) is 0 Å². The second-order valence-electron chi connectivity index (χ2n) is 5.25. The zero-order valence-corrected chi connectivity index (χ0v) is 13.5. The first-order chi connectivity index (χ1) is 9.95. The number of urea groups is 1. The highest BCUT2D eigenvalue weighted by Crippen LogP contribution is 2.25. The summed E-state index contributed by atoms with van der Waals surface area (Å²) in [6.45, 7) is 4.00. The molecule has 0 heterocycles. The number of amides is 2. The van der Waals surface area contributed by atoms with E-state index in [4.69, 9.17) is 16.3 Å². The normalized spacial score (nSPS) is 13.6. The maximum Gasteiger partial charge on any atom is 0.319 e. The van der Waals surface area contributed by atoms with Crippen molar-refractivity contribution in [2.24, 2.45) is 0 Å². The van der Waals surface area contributed by atoms with Gasteiger partial charge in [-0.2, -0.15) is 0 Å². The third kappa shape index (κ3) is 5.19. The third-order valence-corrected chi connectivity index (χ3v) is 3.58. The molecule has 1 unspecified atom stereocenters. The predicted molar refractivity (Wildman–Crippen MR) is 84.7 cm³/mol. The smallest absolute Gasteiger partial charge is 0.319 e. The fraction of sp³-hybridized carbons (Fsp3) is 0.533. The molecule has 0 aromatic heterocycles. The van der Waals surface area contributed by atoms with Crippen LogP contribution in [-0.4, -0.2) is 30.4 Å². The van der Waals surface area contributed by atoms with E-state index in [0.29, 0.717) is 23.7 Å². The Bertz CT molecular complexity index is 482. The van der Waals surface area contributed by atoms with Crippen molar-refractivity contribution in [2.75, 3.05) is 19.0 Å². The lowest BCUT2D eigenvalue weighted by molar-refractivity contribution is 0.167. The zero-order valence-electron chi connectivity index (χ0n) is 12.7. The summed E-state index contributed by atoms with van der Waals surface area (Å²) in [5.74, 6) is 0. The highest BCUT2D eigenvalue weighted by atomic mass is 35.5. The molecule has 1 aromatic rings. The molecule has 0 aliphatic heterocycles. The molecule has 3 N–H and O–H groups in total. The molecule has 0 bridgehead atoms. The third-order valence-electron chi connectivity index (χ3n) is 3.22. The molecule has 2 amide bonds. The summed E-state index contributed by atoms with van der Waals surface area (Å²) < 4.78 is 5.10. The number of hydrogen-bond donors (Lipinski definition) is 3. The summed E-state index contributed by atoms with van der Waals surface area (Å²) >= 11 is 6.11. The molecule has 0 saturated carbocycles. The minimum Gasteiger partial charge on any atom is -0.394 e. The fourth-order valence-electron chi connectivity index (χ4n) is 2.13. The van der Waals surface area contributed by atoms with E-state index in [0.717, 1.165) is 12.0 Å². The average molecular weight is 315 g/mol. The summed E-state index contributed by atoms with van der Waals surface area (Å²) in [7, 11) is 1.57. The Morgan fingerprint density at radius 2 is 2.19 bits per heavy atom. The van der Waals surface area contributed by atoms with Crippen LogP contribution in [0.25, 0.3) is 0 Å². The number of benzene rings is 1. The van der Waals surface area contributed by atoms with E-state index in [-0.39, 0.29) is 12.6 Å². The Hall–Kier alpha value is -1.30. The average Bonchev–Trinajstić information content (AvgIpc) is 2.43. The van der Waals surface area contributed by atoms with Gasteiger partial charge in [-0.25, -0.2) is 4.79 Å². The maximum absolute atomic E-state index is 12.1. The van der Waals surface area contributed by atoms with Crippen molar-refractivity contribution in [3.63, 3.8) is 0 Å². The molecule has 5 nitrogen and oxygen atoms in total. The molecule has 0 aliphatic rings. The highest BCUT2D eigenvalue weighted by Gasteiger charge is 2.24. The van der Waals surface area contributed by atoms with Gasteiger partial charge in [-0.05, 0) is 25.5 Å². The minimum atomic E-state index is -0.640. The SMILES string of the molecule is CCCC(C)(CO)NC(=O)Nc1cccc(Cl)c1COC. The van der Waals surface area contributed by atoms with Gasteiger partial charge in [0.05, 0.1) is 18.8 Å². The number of carbonyl (C=O) groups is 1. The fourth-order valence-corrected chi connectivity index (χ4v) is 2.36. The predicted octanol–water partition coefficient (Wildman–Crippen LogP) is 3.16. The van der Waals surface area contributed by atoms with Crippen LogP contribution < -0.4 is 10.6 Å². The molecule has 6 heteroatoms. The quantitative estimate of drug-likeness (QED) is 0.724. The lowest BCUT2D eigenvalue weighted by Gasteiger charge is -2.28. The first-order valence-corrected chi connectivity index (χ1v) is 7.30. The molecule has 0 fully saturated rings. The first kappa shape index (κ1) is 17.8. The van der Waals surface area contributed by atoms with Crippen molar-refractivity contribution >= 4 is 23.3 Å². The van der Waals surface area contributed by atoms with E-state index < -0.39 is 5.54 Å². The van der Waals surface area contributed by atoms with E-state index in [1.807, 2.05) is 13.8 Å². The van der Waals surface area contributed by atoms with Crippen LogP contribution in [0.1, 0.15) is 32.3 Å². The van der Waals surface area contributed by atoms with Gasteiger partial charge in [-0.15, -0.1) is 0 Å². The van der Waals surface area contributed by atoms with Crippen molar-refractivity contribution in [2.45, 2.75) is 38.8 Å². The van der Waals surface area contributed by atoms with Crippen molar-refractivity contribution in [3.8, 4) is 0 Å². The number of rotatable bonds is 7. The number of hydrogen-bond acceptors (Lipinski definition) is 3. The number of nitrogens with one attached hydrogen (secondary N) is 2. The van der Waals surface area contributed by atoms with E-state index in [9.17, 15) is 9.90 Å². The Kier molecular flexibility index (Phi) is 6.95. The lowest BCUT2D eigenvalue weighted by Crippen LogP contribution is -2.50. The van der Waals surface area contributed by atoms with E-state index >= 15 is 0 Å². The summed E-state index contributed by atoms with van der Waals surface area (Å²) in [4.78, 5) is 12.1. The maximum atomic E-state index is 12.1. The van der Waals surface area contributed by atoms with E-state index in [1.165, 1.54) is 0 Å². The van der Waals surface area contributed by atoms with Crippen molar-refractivity contribution in [1.82, 2.24) is 5.32 Å². The molecule has 1 atom stereocenters. The number of carbonyl (C=O) groups excluding carboxylic acids is 1. The van der Waals surface area contributed by atoms with Crippen LogP contribution in [0, 0.1) is 0 Å². The van der Waals surface area contributed by atoms with E-state index in [1.54, 1.807) is 25.3 Å². The molecular formula is C15H23ClN2O3. The highest BCUT2D eigenvalue weighted by molar-refractivity contribution is 6.31. The van der Waals surface area contributed by atoms with Crippen LogP contribution in [0.3, 0.4) is 0 Å². The van der Waals surface area contributed by atoms with Gasteiger partial charge in [0.2, 0.25) is 0 Å². The standard InChI is InChI=1S/C15H23ClN2O3/c1-4-8-15(2,10-19)18-14(20)17-13-7-5-6-12(16)11(13)9-21-3/h5-7,19H,4,8-10H2,1-3H3,(H2,17,18,20). The topological polar surface area (TPSA) is 70.6 Å². The number of aliphatic hydroxyl groups is 1. The summed E-state index contributed by atoms with van der Waals surface area (Å²) in [5.41, 5.74) is 0.676. The number of ether oxygens (including phenoxy) is 1. The first-order valence-electron chi connectivity index (χ1n) is 6.92. The molecule has 118 valence electrons. The van der Waals surface area contributed by atoms with Crippen LogP contribution in [-0.2, 0) is 11.3 Å². The summed E-state index contributed by atoms with van der Waals surface area (Å²) in [6, 6.07) is 4.89. The zero-order chi connectivity index (χ0) is 15.9. The van der Waals surface area contributed by atoms with Gasteiger partial charge in [0.25, 0.3) is 0 Å². The molecule has 0 saturated heterocycles. The van der Waals surface area contributed by atoms with Crippen LogP contribution in [0.4, 0.5) is 10.5 Å². The number of methoxy groups -OCH3 is 1. The Morgan fingerprint density at radius 1 is 1.48 bits per heavy atom. The monoisotopic (exact) mass is 314 g/mol. The van der Waals surface area contributed by atoms with Gasteiger partial charge < -0.3 is 20.5 Å². The molecule has 0 radical (unpaired) electrons. The minimum absolute atomic E-state index is 0.116. The molecule has 1 aromatic carbocycles. The van der Waals surface area contributed by atoms with Crippen LogP contribution in [0.2, 0.25) is 5.02 Å². The Morgan fingerprint density at radius 3 is 2.76 bits per heavy atom. The molecule has 1 rings (SSSR count). The van der Waals surface area contributed by atoms with Gasteiger partial charge in [0.1, 0.15) is 0 Å². The Labute approximate surface area is 130 Å². The van der Waals surface area contributed by atoms with Crippen LogP contribution >= 0.6 is 11.6 Å². The second-order valence-corrected chi connectivity index (χ2v) is 5.65. The van der Waals surface area contributed by atoms with Gasteiger partial charge in [0, 0.05) is 23.4 Å².